The van der Waals surface area contributed by atoms with Crippen LogP contribution in [0.4, 0.5) is 0 Å². The molecule has 0 fully saturated rings. The number of aromatic nitrogens is 3. The van der Waals surface area contributed by atoms with Crippen molar-refractivity contribution in [2.24, 2.45) is 5.92 Å². The van der Waals surface area contributed by atoms with Crippen molar-refractivity contribution in [2.45, 2.75) is 33.3 Å². The summed E-state index contributed by atoms with van der Waals surface area (Å²) in [5.41, 5.74) is 1.67. The normalized spacial score (nSPS) is 10.8. The fourth-order valence-corrected chi connectivity index (χ4v) is 2.77. The number of aryl methyl sites for hydroxylation is 1. The van der Waals surface area contributed by atoms with Gasteiger partial charge in [0.1, 0.15) is 18.1 Å². The zero-order chi connectivity index (χ0) is 21.3. The zero-order valence-electron chi connectivity index (χ0n) is 17.2. The first-order valence-electron chi connectivity index (χ1n) is 10.0. The average Bonchev–Trinajstić information content (AvgIpc) is 2.76. The van der Waals surface area contributed by atoms with Crippen LogP contribution in [0.1, 0.15) is 31.5 Å². The topological polar surface area (TPSA) is 97.0 Å². The number of hydrogen-bond donors (Lipinski definition) is 2. The van der Waals surface area contributed by atoms with Crippen molar-refractivity contribution in [1.82, 2.24) is 20.5 Å². The lowest BCUT2D eigenvalue weighted by Crippen LogP contribution is -2.28. The van der Waals surface area contributed by atoms with E-state index in [-0.39, 0.29) is 30.0 Å². The minimum absolute atomic E-state index is 0.0998. The number of hydrogen-bond acceptors (Lipinski definition) is 5. The summed E-state index contributed by atoms with van der Waals surface area (Å²) in [6.45, 7) is 5.11. The van der Waals surface area contributed by atoms with Crippen LogP contribution >= 0.6 is 0 Å². The smallest absolute Gasteiger partial charge is 0.273 e. The molecule has 0 aliphatic heterocycles. The molecule has 0 bridgehead atoms. The fraction of sp³-hybridized carbons (Fsp3) is 0.304. The molecule has 3 aromatic rings. The van der Waals surface area contributed by atoms with Gasteiger partial charge in [-0.2, -0.15) is 0 Å². The number of amides is 1. The summed E-state index contributed by atoms with van der Waals surface area (Å²) in [4.78, 5) is 27.0. The van der Waals surface area contributed by atoms with E-state index in [0.717, 1.165) is 5.56 Å². The molecule has 7 heteroatoms. The fourth-order valence-electron chi connectivity index (χ4n) is 2.77. The Morgan fingerprint density at radius 3 is 2.63 bits per heavy atom. The molecular weight excluding hydrogens is 380 g/mol. The van der Waals surface area contributed by atoms with E-state index in [1.807, 2.05) is 68.4 Å². The third-order valence-electron chi connectivity index (χ3n) is 4.42. The number of H-pyrrole nitrogens is 1. The van der Waals surface area contributed by atoms with E-state index in [9.17, 15) is 9.59 Å². The molecule has 30 heavy (non-hydrogen) atoms. The Hall–Kier alpha value is -3.48. The second-order valence-corrected chi connectivity index (χ2v) is 7.45. The van der Waals surface area contributed by atoms with E-state index in [2.05, 4.69) is 20.5 Å². The number of carbonyl (C=O) groups excluding carboxylic acids is 1. The molecular formula is C23H26N4O3. The molecule has 0 saturated heterocycles. The minimum Gasteiger partial charge on any atom is -0.489 e. The number of aromatic amines is 1. The van der Waals surface area contributed by atoms with Gasteiger partial charge in [-0.25, -0.2) is 0 Å². The third-order valence-corrected chi connectivity index (χ3v) is 4.42. The number of nitrogens with zero attached hydrogens (tertiary/aromatic N) is 2. The lowest BCUT2D eigenvalue weighted by molar-refractivity contribution is -0.121. The van der Waals surface area contributed by atoms with Crippen LogP contribution < -0.4 is 15.6 Å². The number of benzene rings is 2. The highest BCUT2D eigenvalue weighted by Crippen LogP contribution is 2.21. The highest BCUT2D eigenvalue weighted by atomic mass is 16.5. The summed E-state index contributed by atoms with van der Waals surface area (Å²) in [6, 6.07) is 17.2. The van der Waals surface area contributed by atoms with Gasteiger partial charge < -0.3 is 15.0 Å². The van der Waals surface area contributed by atoms with Gasteiger partial charge in [0.15, 0.2) is 5.82 Å². The largest absolute Gasteiger partial charge is 0.489 e. The van der Waals surface area contributed by atoms with Gasteiger partial charge >= 0.3 is 0 Å². The molecule has 0 aliphatic rings. The van der Waals surface area contributed by atoms with Crippen molar-refractivity contribution in [3.8, 4) is 17.1 Å². The molecule has 0 radical (unpaired) electrons. The van der Waals surface area contributed by atoms with Gasteiger partial charge in [0.25, 0.3) is 5.56 Å². The molecule has 0 aliphatic carbocycles. The Morgan fingerprint density at radius 1 is 1.10 bits per heavy atom. The molecule has 0 atom stereocenters. The van der Waals surface area contributed by atoms with Gasteiger partial charge in [0.2, 0.25) is 5.91 Å². The number of carbonyl (C=O) groups is 1. The standard InChI is InChI=1S/C23H26N4O3/c1-16(2)14-24-21(28)12-11-20-23(29)25-22(27-26-20)18-9-6-10-19(13-18)30-15-17-7-4-3-5-8-17/h3-10,13,16H,11-12,14-15H2,1-2H3,(H,24,28)(H,25,27,29). The first-order valence-corrected chi connectivity index (χ1v) is 10.0. The van der Waals surface area contributed by atoms with E-state index in [4.69, 9.17) is 4.74 Å². The molecule has 7 nitrogen and oxygen atoms in total. The van der Waals surface area contributed by atoms with Crippen molar-refractivity contribution >= 4 is 5.91 Å². The predicted molar refractivity (Wildman–Crippen MR) is 115 cm³/mol. The van der Waals surface area contributed by atoms with Crippen molar-refractivity contribution < 1.29 is 9.53 Å². The molecule has 1 heterocycles. The van der Waals surface area contributed by atoms with Crippen LogP contribution in [0.15, 0.2) is 59.4 Å². The van der Waals surface area contributed by atoms with E-state index >= 15 is 0 Å². The Morgan fingerprint density at radius 2 is 1.90 bits per heavy atom. The first kappa shape index (κ1) is 21.2. The van der Waals surface area contributed by atoms with Crippen LogP contribution in [0.5, 0.6) is 5.75 Å². The SMILES string of the molecule is CC(C)CNC(=O)CCc1nnc(-c2cccc(OCc3ccccc3)c2)[nH]c1=O. The lowest BCUT2D eigenvalue weighted by Gasteiger charge is -2.08. The Labute approximate surface area is 175 Å². The molecule has 0 spiro atoms. The van der Waals surface area contributed by atoms with Gasteiger partial charge in [-0.15, -0.1) is 10.2 Å². The van der Waals surface area contributed by atoms with Crippen LogP contribution in [-0.2, 0) is 17.8 Å². The Balaban J connectivity index is 1.63. The van der Waals surface area contributed by atoms with Crippen molar-refractivity contribution in [1.29, 1.82) is 0 Å². The van der Waals surface area contributed by atoms with Crippen molar-refractivity contribution in [2.75, 3.05) is 6.54 Å². The molecule has 2 aromatic carbocycles. The van der Waals surface area contributed by atoms with Crippen molar-refractivity contribution in [3.63, 3.8) is 0 Å². The predicted octanol–water partition coefficient (Wildman–Crippen LogP) is 3.12. The average molecular weight is 406 g/mol. The molecule has 2 N–H and O–H groups in total. The summed E-state index contributed by atoms with van der Waals surface area (Å²) in [5.74, 6) is 1.31. The number of ether oxygens (including phenoxy) is 1. The van der Waals surface area contributed by atoms with E-state index in [1.54, 1.807) is 0 Å². The number of rotatable bonds is 9. The molecule has 3 rings (SSSR count). The molecule has 0 unspecified atom stereocenters. The maximum absolute atomic E-state index is 12.4. The van der Waals surface area contributed by atoms with Crippen LogP contribution in [0.3, 0.4) is 0 Å². The van der Waals surface area contributed by atoms with Gasteiger partial charge in [-0.3, -0.25) is 9.59 Å². The van der Waals surface area contributed by atoms with Gasteiger partial charge in [-0.1, -0.05) is 56.3 Å². The van der Waals surface area contributed by atoms with Crippen molar-refractivity contribution in [3.05, 3.63) is 76.2 Å². The second-order valence-electron chi connectivity index (χ2n) is 7.45. The molecule has 1 amide bonds. The maximum atomic E-state index is 12.4. The van der Waals surface area contributed by atoms with Crippen LogP contribution in [0.2, 0.25) is 0 Å². The van der Waals surface area contributed by atoms with Gasteiger partial charge in [-0.05, 0) is 23.6 Å². The van der Waals surface area contributed by atoms with Gasteiger partial charge in [0, 0.05) is 24.9 Å². The summed E-state index contributed by atoms with van der Waals surface area (Å²) in [5, 5.41) is 11.0. The quantitative estimate of drug-likeness (QED) is 0.569. The lowest BCUT2D eigenvalue weighted by atomic mass is 10.2. The van der Waals surface area contributed by atoms with Crippen LogP contribution in [-0.4, -0.2) is 27.6 Å². The summed E-state index contributed by atoms with van der Waals surface area (Å²) >= 11 is 0. The van der Waals surface area contributed by atoms with Gasteiger partial charge in [0.05, 0.1) is 0 Å². The highest BCUT2D eigenvalue weighted by molar-refractivity contribution is 5.76. The summed E-state index contributed by atoms with van der Waals surface area (Å²) in [7, 11) is 0. The first-order chi connectivity index (χ1) is 14.5. The highest BCUT2D eigenvalue weighted by Gasteiger charge is 2.10. The zero-order valence-corrected chi connectivity index (χ0v) is 17.2. The summed E-state index contributed by atoms with van der Waals surface area (Å²) in [6.07, 6.45) is 0.444. The third kappa shape index (κ3) is 6.27. The van der Waals surface area contributed by atoms with E-state index < -0.39 is 0 Å². The van der Waals surface area contributed by atoms with Crippen LogP contribution in [0.25, 0.3) is 11.4 Å². The molecule has 156 valence electrons. The molecule has 0 saturated carbocycles. The molecule has 1 aromatic heterocycles. The van der Waals surface area contributed by atoms with E-state index in [1.165, 1.54) is 0 Å². The second kappa shape index (κ2) is 10.3. The summed E-state index contributed by atoms with van der Waals surface area (Å²) < 4.78 is 5.83. The monoisotopic (exact) mass is 406 g/mol. The maximum Gasteiger partial charge on any atom is 0.273 e. The van der Waals surface area contributed by atoms with Crippen LogP contribution in [0, 0.1) is 5.92 Å². The Bertz CT molecular complexity index is 1030. The Kier molecular flexibility index (Phi) is 7.32. The minimum atomic E-state index is -0.340. The van der Waals surface area contributed by atoms with E-state index in [0.29, 0.717) is 36.2 Å². The number of nitrogens with one attached hydrogen (secondary N) is 2.